The molecule has 29 heavy (non-hydrogen) atoms. The van der Waals surface area contributed by atoms with Crippen molar-refractivity contribution in [1.29, 1.82) is 0 Å². The molecular weight excluding hydrogens is 372 g/mol. The van der Waals surface area contributed by atoms with Crippen molar-refractivity contribution in [3.8, 4) is 0 Å². The summed E-state index contributed by atoms with van der Waals surface area (Å²) in [6.07, 6.45) is 20.2. The van der Waals surface area contributed by atoms with Crippen molar-refractivity contribution in [3.63, 3.8) is 0 Å². The van der Waals surface area contributed by atoms with Gasteiger partial charge in [-0.25, -0.2) is 4.52 Å². The van der Waals surface area contributed by atoms with Gasteiger partial charge in [-0.1, -0.05) is 66.8 Å². The Morgan fingerprint density at radius 1 is 1.07 bits per heavy atom. The van der Waals surface area contributed by atoms with Crippen LogP contribution in [-0.4, -0.2) is 30.5 Å². The highest BCUT2D eigenvalue weighted by molar-refractivity contribution is 7.93. The van der Waals surface area contributed by atoms with Crippen molar-refractivity contribution in [2.75, 3.05) is 7.05 Å². The summed E-state index contributed by atoms with van der Waals surface area (Å²) in [6, 6.07) is 11.0. The fourth-order valence-electron chi connectivity index (χ4n) is 6.32. The molecule has 3 aliphatic carbocycles. The first-order valence-electron chi connectivity index (χ1n) is 11.2. The molecule has 0 bridgehead atoms. The predicted molar refractivity (Wildman–Crippen MR) is 124 cm³/mol. The van der Waals surface area contributed by atoms with Crippen molar-refractivity contribution in [3.05, 3.63) is 72.4 Å². The van der Waals surface area contributed by atoms with Gasteiger partial charge < -0.3 is 0 Å². The third-order valence-corrected chi connectivity index (χ3v) is 12.0. The van der Waals surface area contributed by atoms with E-state index >= 15 is 0 Å². The minimum atomic E-state index is -2.28. The van der Waals surface area contributed by atoms with Crippen LogP contribution in [0.25, 0.3) is 0 Å². The Balaban J connectivity index is 1.56. The van der Waals surface area contributed by atoms with Gasteiger partial charge in [0.05, 0.1) is 6.04 Å². The highest BCUT2D eigenvalue weighted by atomic mass is 31.2. The number of hydrogen-bond donors (Lipinski definition) is 0. The van der Waals surface area contributed by atoms with E-state index < -0.39 is 7.52 Å². The van der Waals surface area contributed by atoms with Gasteiger partial charge in [-0.2, -0.15) is 4.67 Å². The largest absolute Gasteiger partial charge is 0.427 e. The Morgan fingerprint density at radius 2 is 1.83 bits per heavy atom. The van der Waals surface area contributed by atoms with Crippen LogP contribution in [-0.2, 0) is 4.52 Å². The molecule has 2 fully saturated rings. The Bertz CT molecular complexity index is 838. The molecule has 1 saturated heterocycles. The number of nitrogens with zero attached hydrogens (tertiary/aromatic N) is 1. The summed E-state index contributed by atoms with van der Waals surface area (Å²) in [4.78, 5) is 0. The Kier molecular flexibility index (Phi) is 5.13. The van der Waals surface area contributed by atoms with Gasteiger partial charge in [0, 0.05) is 13.0 Å². The van der Waals surface area contributed by atoms with E-state index in [-0.39, 0.29) is 17.3 Å². The normalized spacial score (nSPS) is 44.3. The van der Waals surface area contributed by atoms with Gasteiger partial charge in [-0.3, -0.25) is 0 Å². The fourth-order valence-corrected chi connectivity index (χ4v) is 10.2. The summed E-state index contributed by atoms with van der Waals surface area (Å²) in [5, 5.41) is 0.0449. The maximum absolute atomic E-state index is 7.47. The molecule has 1 aromatic rings. The maximum Gasteiger partial charge on any atom is 0.427 e. The monoisotopic (exact) mass is 404 g/mol. The smallest absolute Gasteiger partial charge is 0.229 e. The summed E-state index contributed by atoms with van der Waals surface area (Å²) in [7, 11) is 7.41. The van der Waals surface area contributed by atoms with Crippen LogP contribution in [0.4, 0.5) is 0 Å². The molecule has 0 amide bonds. The quantitative estimate of drug-likeness (QED) is 0.328. The zero-order chi connectivity index (χ0) is 20.1. The maximum atomic E-state index is 7.47. The van der Waals surface area contributed by atoms with Crippen LogP contribution in [0.15, 0.2) is 66.8 Å². The van der Waals surface area contributed by atoms with Crippen molar-refractivity contribution >= 4 is 15.1 Å². The van der Waals surface area contributed by atoms with Crippen LogP contribution in [0.2, 0.25) is 0 Å². The second-order valence-electron chi connectivity index (χ2n) is 9.43. The van der Waals surface area contributed by atoms with Gasteiger partial charge in [0.15, 0.2) is 7.52 Å². The second kappa shape index (κ2) is 7.52. The third-order valence-electron chi connectivity index (χ3n) is 8.12. The van der Waals surface area contributed by atoms with E-state index in [9.17, 15) is 0 Å². The van der Waals surface area contributed by atoms with Gasteiger partial charge >= 0.3 is 7.57 Å². The average molecular weight is 404 g/mol. The number of hydrogen-bond acceptors (Lipinski definition) is 2. The summed E-state index contributed by atoms with van der Waals surface area (Å²) < 4.78 is 9.49. The molecule has 1 aromatic carbocycles. The van der Waals surface area contributed by atoms with Crippen LogP contribution in [0.3, 0.4) is 0 Å². The van der Waals surface area contributed by atoms with Crippen molar-refractivity contribution in [2.24, 2.45) is 17.8 Å². The van der Waals surface area contributed by atoms with Crippen LogP contribution in [0, 0.1) is 17.8 Å². The summed E-state index contributed by atoms with van der Waals surface area (Å²) in [6.45, 7) is 2.29. The molecule has 1 heterocycles. The van der Waals surface area contributed by atoms with Crippen molar-refractivity contribution in [2.45, 2.75) is 56.3 Å². The van der Waals surface area contributed by atoms with Gasteiger partial charge in [0.1, 0.15) is 11.3 Å². The molecule has 1 saturated carbocycles. The number of rotatable bonds is 2. The minimum absolute atomic E-state index is 0.0449. The molecule has 1 aliphatic heterocycles. The number of likely N-dealkylation sites (N-methyl/N-ethyl adjacent to an activating group) is 1. The molecule has 2 radical (unpaired) electrons. The van der Waals surface area contributed by atoms with Crippen molar-refractivity contribution in [1.82, 2.24) is 4.67 Å². The Labute approximate surface area is 177 Å². The van der Waals surface area contributed by atoms with Crippen LogP contribution >= 0.6 is 7.52 Å². The van der Waals surface area contributed by atoms with Crippen LogP contribution in [0.5, 0.6) is 0 Å². The number of benzene rings is 1. The van der Waals surface area contributed by atoms with E-state index in [2.05, 4.69) is 85.4 Å². The molecule has 7 atom stereocenters. The zero-order valence-corrected chi connectivity index (χ0v) is 18.5. The lowest BCUT2D eigenvalue weighted by atomic mass is 9.77. The molecule has 0 spiro atoms. The highest BCUT2D eigenvalue weighted by Gasteiger charge is 2.69. The molecule has 150 valence electrons. The summed E-state index contributed by atoms with van der Waals surface area (Å²) >= 11 is 0. The predicted octanol–water partition coefficient (Wildman–Crippen LogP) is 6.26. The van der Waals surface area contributed by atoms with Gasteiger partial charge in [0.25, 0.3) is 0 Å². The summed E-state index contributed by atoms with van der Waals surface area (Å²) in [5.74, 6) is 1.75. The average Bonchev–Trinajstić information content (AvgIpc) is 2.91. The van der Waals surface area contributed by atoms with Gasteiger partial charge in [-0.05, 0) is 56.4 Å². The second-order valence-corrected chi connectivity index (χ2v) is 12.4. The first kappa shape index (κ1) is 19.8. The van der Waals surface area contributed by atoms with E-state index in [4.69, 9.17) is 12.1 Å². The molecule has 4 heteroatoms. The first-order chi connectivity index (χ1) is 14.1. The van der Waals surface area contributed by atoms with E-state index in [0.29, 0.717) is 17.8 Å². The van der Waals surface area contributed by atoms with Crippen LogP contribution in [0.1, 0.15) is 50.7 Å². The topological polar surface area (TPSA) is 12.5 Å². The standard InChI is InChI=1S/C25H32BNOP/c1-19-24(21-11-4-3-5-12-21)28-29(26,27(19)2)25-17-9-8-14-23(25)16-15-20-10-6-7-13-22(20)18-25/h3-8,10-14,19-20,22-24H,9,15-18H2,1-2H3/q+1/t19-,20?,22?,23?,24?,25?,29?/m0/s1. The van der Waals surface area contributed by atoms with Gasteiger partial charge in [-0.15, -0.1) is 0 Å². The first-order valence-corrected chi connectivity index (χ1v) is 12.9. The lowest BCUT2D eigenvalue weighted by Crippen LogP contribution is -2.46. The molecule has 0 aromatic heterocycles. The Morgan fingerprint density at radius 3 is 2.62 bits per heavy atom. The Hall–Kier alpha value is -1.15. The third kappa shape index (κ3) is 3.04. The van der Waals surface area contributed by atoms with Gasteiger partial charge in [0.2, 0.25) is 0 Å². The number of fused-ring (bicyclic) bond motifs is 2. The molecular formula is C25H32BNOP+. The molecule has 5 rings (SSSR count). The molecule has 0 N–H and O–H groups in total. The minimum Gasteiger partial charge on any atom is -0.229 e. The lowest BCUT2D eigenvalue weighted by molar-refractivity contribution is 0.207. The summed E-state index contributed by atoms with van der Waals surface area (Å²) in [5.41, 5.74) is 1.26. The molecule has 2 nitrogen and oxygen atoms in total. The van der Waals surface area contributed by atoms with E-state index in [1.54, 1.807) is 0 Å². The highest BCUT2D eigenvalue weighted by Crippen LogP contribution is 2.80. The van der Waals surface area contributed by atoms with E-state index in [1.807, 2.05) is 0 Å². The zero-order valence-electron chi connectivity index (χ0n) is 17.7. The SMILES string of the molecule is [B][P+]1(C23CCC=CC2CCC2C=CC=CC2C3)OC(c2ccccc2)[C@H](C)N1C. The molecule has 6 unspecified atom stereocenters. The molecule has 4 aliphatic rings. The van der Waals surface area contributed by atoms with Crippen LogP contribution < -0.4 is 0 Å². The fraction of sp³-hybridized carbons (Fsp3) is 0.520. The van der Waals surface area contributed by atoms with Crippen molar-refractivity contribution < 1.29 is 4.52 Å². The lowest BCUT2D eigenvalue weighted by Gasteiger charge is -2.48. The van der Waals surface area contributed by atoms with E-state index in [1.165, 1.54) is 18.4 Å². The van der Waals surface area contributed by atoms with E-state index in [0.717, 1.165) is 19.3 Å². The number of allylic oxidation sites excluding steroid dienone is 6.